The van der Waals surface area contributed by atoms with Crippen molar-refractivity contribution in [1.29, 1.82) is 0 Å². The van der Waals surface area contributed by atoms with E-state index in [9.17, 15) is 4.48 Å². The van der Waals surface area contributed by atoms with Gasteiger partial charge in [-0.15, -0.1) is 4.64 Å². The summed E-state index contributed by atoms with van der Waals surface area (Å²) in [5.74, 6) is 0. The van der Waals surface area contributed by atoms with E-state index in [4.69, 9.17) is 11.8 Å². The van der Waals surface area contributed by atoms with Gasteiger partial charge in [-0.2, -0.15) is 0 Å². The Balaban J connectivity index is 3.21. The van der Waals surface area contributed by atoms with Gasteiger partial charge in [-0.05, 0) is 44.0 Å². The Bertz CT molecular complexity index is 247. The molecule has 0 saturated carbocycles. The molecule has 11 heavy (non-hydrogen) atoms. The molecular weight excluding hydrogens is 300 g/mol. The Morgan fingerprint density at radius 2 is 1.73 bits per heavy atom. The van der Waals surface area contributed by atoms with Gasteiger partial charge >= 0.3 is 0 Å². The quantitative estimate of drug-likeness (QED) is 0.707. The zero-order valence-electron chi connectivity index (χ0n) is 5.19. The summed E-state index contributed by atoms with van der Waals surface area (Å²) in [5, 5.41) is 0. The molecule has 0 N–H and O–H groups in total. The molecular formula is C6H3Br2ClFN. The topological polar surface area (TPSA) is 3.24 Å². The normalized spacial score (nSPS) is 9.82. The van der Waals surface area contributed by atoms with Crippen LogP contribution in [0.2, 0.25) is 0 Å². The number of nitrogens with zero attached hydrogens (tertiary/aromatic N) is 1. The summed E-state index contributed by atoms with van der Waals surface area (Å²) in [5.41, 5.74) is 0.272. The maximum absolute atomic E-state index is 12.5. The molecule has 0 fully saturated rings. The first-order valence-corrected chi connectivity index (χ1v) is 4.61. The van der Waals surface area contributed by atoms with Crippen LogP contribution in [0.1, 0.15) is 0 Å². The summed E-state index contributed by atoms with van der Waals surface area (Å²) in [6.07, 6.45) is 0. The maximum atomic E-state index is 12.5. The highest BCUT2D eigenvalue weighted by molar-refractivity contribution is 9.11. The van der Waals surface area contributed by atoms with Crippen molar-refractivity contribution in [2.45, 2.75) is 0 Å². The van der Waals surface area contributed by atoms with Gasteiger partial charge in [-0.3, -0.25) is 0 Å². The summed E-state index contributed by atoms with van der Waals surface area (Å²) in [6.45, 7) is 0. The maximum Gasteiger partial charge on any atom is 0.116 e. The van der Waals surface area contributed by atoms with Gasteiger partial charge in [0, 0.05) is 20.7 Å². The fourth-order valence-electron chi connectivity index (χ4n) is 0.651. The van der Waals surface area contributed by atoms with E-state index in [-0.39, 0.29) is 10.3 Å². The van der Waals surface area contributed by atoms with Crippen LogP contribution < -0.4 is 4.64 Å². The standard InChI is InChI=1S/C6H3Br2ClFN/c7-4-2-1-3-5(8)6(4)11(9)10/h1-3H. The minimum atomic E-state index is 0.0359. The zero-order valence-corrected chi connectivity index (χ0v) is 9.12. The van der Waals surface area contributed by atoms with Crippen molar-refractivity contribution in [3.05, 3.63) is 27.1 Å². The predicted octanol–water partition coefficient (Wildman–Crippen LogP) is 4.06. The molecule has 0 spiro atoms. The highest BCUT2D eigenvalue weighted by Gasteiger charge is 2.09. The van der Waals surface area contributed by atoms with E-state index in [1.54, 1.807) is 18.2 Å². The van der Waals surface area contributed by atoms with Crippen molar-refractivity contribution < 1.29 is 4.48 Å². The first-order chi connectivity index (χ1) is 5.13. The van der Waals surface area contributed by atoms with Crippen LogP contribution >= 0.6 is 43.6 Å². The predicted molar refractivity (Wildman–Crippen MR) is 51.3 cm³/mol. The molecule has 0 aliphatic carbocycles. The SMILES string of the molecule is FN(Cl)c1c(Br)cccc1Br. The Labute approximate surface area is 85.4 Å². The molecule has 0 aliphatic rings. The third-order valence-electron chi connectivity index (χ3n) is 1.11. The number of halogens is 4. The highest BCUT2D eigenvalue weighted by atomic mass is 79.9. The lowest BCUT2D eigenvalue weighted by Crippen LogP contribution is -1.95. The lowest BCUT2D eigenvalue weighted by molar-refractivity contribution is 0.538. The van der Waals surface area contributed by atoms with Crippen molar-refractivity contribution in [3.8, 4) is 0 Å². The van der Waals surface area contributed by atoms with Gasteiger partial charge in [0.2, 0.25) is 0 Å². The van der Waals surface area contributed by atoms with Crippen LogP contribution in [0, 0.1) is 0 Å². The second-order valence-electron chi connectivity index (χ2n) is 1.80. The molecule has 1 rings (SSSR count). The third-order valence-corrected chi connectivity index (χ3v) is 2.56. The first kappa shape index (κ1) is 9.29. The number of hydrogen-bond acceptors (Lipinski definition) is 1. The summed E-state index contributed by atoms with van der Waals surface area (Å²) in [4.78, 5) is 0. The van der Waals surface area contributed by atoms with Crippen molar-refractivity contribution in [1.82, 2.24) is 0 Å². The summed E-state index contributed by atoms with van der Waals surface area (Å²) in [7, 11) is 0. The monoisotopic (exact) mass is 301 g/mol. The van der Waals surface area contributed by atoms with E-state index in [0.717, 1.165) is 0 Å². The van der Waals surface area contributed by atoms with Crippen LogP contribution in [0.3, 0.4) is 0 Å². The van der Waals surface area contributed by atoms with Crippen LogP contribution in [-0.4, -0.2) is 0 Å². The van der Waals surface area contributed by atoms with Gasteiger partial charge in [0.05, 0.1) is 0 Å². The Morgan fingerprint density at radius 1 is 1.27 bits per heavy atom. The van der Waals surface area contributed by atoms with Crippen LogP contribution in [0.5, 0.6) is 0 Å². The van der Waals surface area contributed by atoms with E-state index in [2.05, 4.69) is 31.9 Å². The molecule has 0 unspecified atom stereocenters. The van der Waals surface area contributed by atoms with Gasteiger partial charge in [0.1, 0.15) is 5.69 Å². The average Bonchev–Trinajstić information content (AvgIpc) is 1.85. The van der Waals surface area contributed by atoms with Gasteiger partial charge in [0.15, 0.2) is 0 Å². The average molecular weight is 303 g/mol. The highest BCUT2D eigenvalue weighted by Crippen LogP contribution is 2.35. The van der Waals surface area contributed by atoms with E-state index in [0.29, 0.717) is 8.95 Å². The lowest BCUT2D eigenvalue weighted by atomic mass is 10.3. The second-order valence-corrected chi connectivity index (χ2v) is 3.81. The van der Waals surface area contributed by atoms with Crippen LogP contribution in [-0.2, 0) is 0 Å². The van der Waals surface area contributed by atoms with Crippen LogP contribution in [0.25, 0.3) is 0 Å². The van der Waals surface area contributed by atoms with E-state index in [1.165, 1.54) is 0 Å². The van der Waals surface area contributed by atoms with Gasteiger partial charge in [-0.1, -0.05) is 10.5 Å². The van der Waals surface area contributed by atoms with Gasteiger partial charge < -0.3 is 0 Å². The van der Waals surface area contributed by atoms with Crippen LogP contribution in [0.15, 0.2) is 27.1 Å². The third kappa shape index (κ3) is 2.07. The number of anilines is 1. The minimum Gasteiger partial charge on any atom is -0.115 e. The fourth-order valence-corrected chi connectivity index (χ4v) is 2.35. The molecule has 1 aromatic rings. The number of benzene rings is 1. The minimum absolute atomic E-state index is 0.0359. The smallest absolute Gasteiger partial charge is 0.115 e. The molecule has 0 saturated heterocycles. The van der Waals surface area contributed by atoms with E-state index in [1.807, 2.05) is 0 Å². The largest absolute Gasteiger partial charge is 0.116 e. The molecule has 0 aliphatic heterocycles. The molecule has 0 bridgehead atoms. The molecule has 0 amide bonds. The van der Waals surface area contributed by atoms with Crippen molar-refractivity contribution in [2.24, 2.45) is 0 Å². The summed E-state index contributed by atoms with van der Waals surface area (Å²) >= 11 is 11.4. The van der Waals surface area contributed by atoms with Crippen LogP contribution in [0.4, 0.5) is 10.2 Å². The lowest BCUT2D eigenvalue weighted by Gasteiger charge is -2.07. The first-order valence-electron chi connectivity index (χ1n) is 2.68. The Hall–Kier alpha value is 0.200. The molecule has 1 nitrogen and oxygen atoms in total. The van der Waals surface area contributed by atoms with Crippen molar-refractivity contribution >= 4 is 49.3 Å². The molecule has 1 aromatic carbocycles. The second kappa shape index (κ2) is 3.74. The van der Waals surface area contributed by atoms with E-state index < -0.39 is 0 Å². The fraction of sp³-hybridized carbons (Fsp3) is 0. The number of rotatable bonds is 1. The molecule has 0 radical (unpaired) electrons. The van der Waals surface area contributed by atoms with Gasteiger partial charge in [-0.25, -0.2) is 0 Å². The molecule has 5 heteroatoms. The molecule has 0 atom stereocenters. The molecule has 0 heterocycles. The van der Waals surface area contributed by atoms with Gasteiger partial charge in [0.25, 0.3) is 0 Å². The Kier molecular flexibility index (Phi) is 3.16. The number of para-hydroxylation sites is 1. The zero-order chi connectivity index (χ0) is 8.43. The van der Waals surface area contributed by atoms with Crippen molar-refractivity contribution in [2.75, 3.05) is 4.64 Å². The molecule has 0 aromatic heterocycles. The van der Waals surface area contributed by atoms with Crippen molar-refractivity contribution in [3.63, 3.8) is 0 Å². The van der Waals surface area contributed by atoms with E-state index >= 15 is 0 Å². The summed E-state index contributed by atoms with van der Waals surface area (Å²) < 4.78 is 13.7. The molecule has 60 valence electrons. The Morgan fingerprint density at radius 3 is 2.00 bits per heavy atom. The summed E-state index contributed by atoms with van der Waals surface area (Å²) in [6, 6.07) is 5.18. The number of hydrogen-bond donors (Lipinski definition) is 0.